The fraction of sp³-hybridized carbons (Fsp3) is 0.263. The molecule has 0 N–H and O–H groups in total. The summed E-state index contributed by atoms with van der Waals surface area (Å²) in [6.45, 7) is 4.72. The van der Waals surface area contributed by atoms with E-state index in [9.17, 15) is 4.79 Å². The number of likely N-dealkylation sites (N-methyl/N-ethyl adjacent to an activating group) is 1. The quantitative estimate of drug-likeness (QED) is 0.716. The Bertz CT molecular complexity index is 823. The summed E-state index contributed by atoms with van der Waals surface area (Å²) in [5.74, 6) is 0.0347. The molecule has 0 fully saturated rings. The molecule has 3 rings (SSSR count). The minimum Gasteiger partial charge on any atom is -0.356 e. The number of amides is 1. The van der Waals surface area contributed by atoms with Gasteiger partial charge in [-0.05, 0) is 37.1 Å². The molecule has 0 aliphatic rings. The highest BCUT2D eigenvalue weighted by Crippen LogP contribution is 2.23. The van der Waals surface area contributed by atoms with Crippen LogP contribution in [0.4, 0.5) is 5.69 Å². The van der Waals surface area contributed by atoms with E-state index in [0.29, 0.717) is 17.8 Å². The Hall–Kier alpha value is -2.62. The predicted octanol–water partition coefficient (Wildman–Crippen LogP) is 3.99. The molecule has 0 aliphatic heterocycles. The lowest BCUT2D eigenvalue weighted by atomic mass is 10.1. The largest absolute Gasteiger partial charge is 0.356 e. The predicted molar refractivity (Wildman–Crippen MR) is 91.6 cm³/mol. The molecule has 3 aromatic rings. The van der Waals surface area contributed by atoms with Crippen molar-refractivity contribution in [1.29, 1.82) is 0 Å². The molecule has 0 saturated heterocycles. The van der Waals surface area contributed by atoms with Gasteiger partial charge in [0.15, 0.2) is 5.58 Å². The number of para-hydroxylation sites is 2. The van der Waals surface area contributed by atoms with E-state index >= 15 is 0 Å². The molecule has 0 saturated carbocycles. The lowest BCUT2D eigenvalue weighted by molar-refractivity contribution is -0.118. The van der Waals surface area contributed by atoms with Crippen molar-refractivity contribution in [1.82, 2.24) is 5.16 Å². The number of carbonyl (C=O) groups is 1. The maximum atomic E-state index is 12.8. The van der Waals surface area contributed by atoms with E-state index in [1.54, 1.807) is 0 Å². The summed E-state index contributed by atoms with van der Waals surface area (Å²) in [6.07, 6.45) is 1.13. The number of anilines is 1. The van der Waals surface area contributed by atoms with Gasteiger partial charge in [0.1, 0.15) is 5.69 Å². The average molecular weight is 308 g/mol. The fourth-order valence-electron chi connectivity index (χ4n) is 2.86. The minimum atomic E-state index is 0.0347. The molecular formula is C19H20N2O2. The monoisotopic (exact) mass is 308 g/mol. The topological polar surface area (TPSA) is 46.3 Å². The van der Waals surface area contributed by atoms with Crippen molar-refractivity contribution in [3.8, 4) is 0 Å². The Kier molecular flexibility index (Phi) is 4.42. The number of benzene rings is 2. The van der Waals surface area contributed by atoms with Crippen molar-refractivity contribution in [2.24, 2.45) is 0 Å². The van der Waals surface area contributed by atoms with Crippen LogP contribution in [-0.4, -0.2) is 17.6 Å². The molecule has 1 amide bonds. The van der Waals surface area contributed by atoms with E-state index in [1.807, 2.05) is 54.3 Å². The SMILES string of the molecule is CCc1ccccc1N(CC)C(=O)Cc1noc2ccccc12. The summed E-state index contributed by atoms with van der Waals surface area (Å²) < 4.78 is 5.29. The van der Waals surface area contributed by atoms with Gasteiger partial charge >= 0.3 is 0 Å². The maximum Gasteiger partial charge on any atom is 0.233 e. The molecule has 0 aliphatic carbocycles. The fourth-order valence-corrected chi connectivity index (χ4v) is 2.86. The number of aryl methyl sites for hydroxylation is 1. The van der Waals surface area contributed by atoms with Gasteiger partial charge in [0.25, 0.3) is 0 Å². The van der Waals surface area contributed by atoms with Gasteiger partial charge in [0.05, 0.1) is 6.42 Å². The number of carbonyl (C=O) groups excluding carboxylic acids is 1. The molecule has 118 valence electrons. The summed E-state index contributed by atoms with van der Waals surface area (Å²) >= 11 is 0. The number of hydrogen-bond donors (Lipinski definition) is 0. The van der Waals surface area contributed by atoms with Gasteiger partial charge in [-0.15, -0.1) is 0 Å². The van der Waals surface area contributed by atoms with E-state index in [-0.39, 0.29) is 12.3 Å². The number of nitrogens with zero attached hydrogens (tertiary/aromatic N) is 2. The van der Waals surface area contributed by atoms with Gasteiger partial charge in [-0.2, -0.15) is 0 Å². The zero-order chi connectivity index (χ0) is 16.2. The second-order valence-corrected chi connectivity index (χ2v) is 5.42. The third-order valence-corrected chi connectivity index (χ3v) is 4.05. The van der Waals surface area contributed by atoms with Crippen molar-refractivity contribution >= 4 is 22.6 Å². The van der Waals surface area contributed by atoms with E-state index in [0.717, 1.165) is 17.5 Å². The van der Waals surface area contributed by atoms with Gasteiger partial charge in [0.2, 0.25) is 5.91 Å². The highest BCUT2D eigenvalue weighted by atomic mass is 16.5. The highest BCUT2D eigenvalue weighted by Gasteiger charge is 2.19. The standard InChI is InChI=1S/C19H20N2O2/c1-3-14-9-5-7-11-17(14)21(4-2)19(22)13-16-15-10-6-8-12-18(15)23-20-16/h5-12H,3-4,13H2,1-2H3. The van der Waals surface area contributed by atoms with Crippen molar-refractivity contribution in [3.63, 3.8) is 0 Å². The molecular weight excluding hydrogens is 288 g/mol. The molecule has 0 radical (unpaired) electrons. The Labute approximate surface area is 135 Å². The molecule has 2 aromatic carbocycles. The van der Waals surface area contributed by atoms with E-state index in [2.05, 4.69) is 18.1 Å². The molecule has 4 nitrogen and oxygen atoms in total. The minimum absolute atomic E-state index is 0.0347. The first-order chi connectivity index (χ1) is 11.2. The van der Waals surface area contributed by atoms with Crippen molar-refractivity contribution in [2.75, 3.05) is 11.4 Å². The lowest BCUT2D eigenvalue weighted by Gasteiger charge is -2.23. The normalized spacial score (nSPS) is 10.9. The summed E-state index contributed by atoms with van der Waals surface area (Å²) in [4.78, 5) is 14.6. The smallest absolute Gasteiger partial charge is 0.233 e. The third-order valence-electron chi connectivity index (χ3n) is 4.05. The molecule has 1 heterocycles. The zero-order valence-corrected chi connectivity index (χ0v) is 13.5. The molecule has 0 spiro atoms. The second-order valence-electron chi connectivity index (χ2n) is 5.42. The van der Waals surface area contributed by atoms with Crippen LogP contribution in [0.3, 0.4) is 0 Å². The van der Waals surface area contributed by atoms with Gasteiger partial charge in [0, 0.05) is 17.6 Å². The second kappa shape index (κ2) is 6.65. The molecule has 0 bridgehead atoms. The average Bonchev–Trinajstić information content (AvgIpc) is 2.99. The number of aromatic nitrogens is 1. The van der Waals surface area contributed by atoms with Crippen LogP contribution in [0.25, 0.3) is 11.0 Å². The van der Waals surface area contributed by atoms with Crippen LogP contribution in [0.15, 0.2) is 53.1 Å². The van der Waals surface area contributed by atoms with Crippen LogP contribution in [0, 0.1) is 0 Å². The molecule has 23 heavy (non-hydrogen) atoms. The summed E-state index contributed by atoms with van der Waals surface area (Å²) in [6, 6.07) is 15.7. The molecule has 1 aromatic heterocycles. The zero-order valence-electron chi connectivity index (χ0n) is 13.5. The highest BCUT2D eigenvalue weighted by molar-refractivity contribution is 5.97. The van der Waals surface area contributed by atoms with Crippen LogP contribution in [0.5, 0.6) is 0 Å². The summed E-state index contributed by atoms with van der Waals surface area (Å²) in [7, 11) is 0. The van der Waals surface area contributed by atoms with Gasteiger partial charge in [-0.3, -0.25) is 4.79 Å². The van der Waals surface area contributed by atoms with E-state index in [4.69, 9.17) is 4.52 Å². The van der Waals surface area contributed by atoms with Crippen molar-refractivity contribution < 1.29 is 9.32 Å². The summed E-state index contributed by atoms with van der Waals surface area (Å²) in [5, 5.41) is 4.97. The van der Waals surface area contributed by atoms with Crippen LogP contribution < -0.4 is 4.90 Å². The lowest BCUT2D eigenvalue weighted by Crippen LogP contribution is -2.32. The molecule has 4 heteroatoms. The Morgan fingerprint density at radius 3 is 2.61 bits per heavy atom. The Morgan fingerprint density at radius 2 is 1.83 bits per heavy atom. The van der Waals surface area contributed by atoms with Gasteiger partial charge < -0.3 is 9.42 Å². The first-order valence-electron chi connectivity index (χ1n) is 7.96. The van der Waals surface area contributed by atoms with E-state index < -0.39 is 0 Å². The van der Waals surface area contributed by atoms with Gasteiger partial charge in [-0.1, -0.05) is 42.4 Å². The molecule has 0 unspecified atom stereocenters. The van der Waals surface area contributed by atoms with Crippen LogP contribution in [0.1, 0.15) is 25.1 Å². The molecule has 0 atom stereocenters. The van der Waals surface area contributed by atoms with Crippen LogP contribution in [0.2, 0.25) is 0 Å². The maximum absolute atomic E-state index is 12.8. The van der Waals surface area contributed by atoms with Crippen LogP contribution in [-0.2, 0) is 17.6 Å². The Balaban J connectivity index is 1.89. The number of hydrogen-bond acceptors (Lipinski definition) is 3. The number of fused-ring (bicyclic) bond motifs is 1. The van der Waals surface area contributed by atoms with Crippen molar-refractivity contribution in [2.45, 2.75) is 26.7 Å². The van der Waals surface area contributed by atoms with Crippen LogP contribution >= 0.6 is 0 Å². The summed E-state index contributed by atoms with van der Waals surface area (Å²) in [5.41, 5.74) is 3.56. The Morgan fingerprint density at radius 1 is 1.09 bits per heavy atom. The van der Waals surface area contributed by atoms with Gasteiger partial charge in [-0.25, -0.2) is 0 Å². The first-order valence-corrected chi connectivity index (χ1v) is 7.96. The number of rotatable bonds is 5. The third kappa shape index (κ3) is 2.97. The van der Waals surface area contributed by atoms with Crippen molar-refractivity contribution in [3.05, 3.63) is 59.8 Å². The van der Waals surface area contributed by atoms with E-state index in [1.165, 1.54) is 5.56 Å². The first kappa shape index (κ1) is 15.3.